The summed E-state index contributed by atoms with van der Waals surface area (Å²) >= 11 is 1.38. The second-order valence-electron chi connectivity index (χ2n) is 8.24. The van der Waals surface area contributed by atoms with Crippen molar-refractivity contribution in [2.45, 2.75) is 33.6 Å². The van der Waals surface area contributed by atoms with E-state index in [0.29, 0.717) is 16.1 Å². The molecule has 0 aliphatic heterocycles. The Kier molecular flexibility index (Phi) is 5.80. The van der Waals surface area contributed by atoms with Crippen LogP contribution in [-0.4, -0.2) is 16.8 Å². The fourth-order valence-electron chi connectivity index (χ4n) is 3.55. The SMILES string of the molecule is Cc1ccc(-c2cc(C(=O)Nc3sc(C(C)C)cc3C(N)=O)c3ccccc3n2)cc1C. The quantitative estimate of drug-likeness (QED) is 0.393. The van der Waals surface area contributed by atoms with E-state index in [-0.39, 0.29) is 11.8 Å². The standard InChI is InChI=1S/C26H25N3O2S/c1-14(2)23-13-20(24(27)30)26(32-23)29-25(31)19-12-22(17-10-9-15(3)16(4)11-17)28-21-8-6-5-7-18(19)21/h5-14H,1-4H3,(H2,27,30)(H,29,31). The molecule has 5 nitrogen and oxygen atoms in total. The number of benzene rings is 2. The van der Waals surface area contributed by atoms with Gasteiger partial charge in [0.25, 0.3) is 11.8 Å². The summed E-state index contributed by atoms with van der Waals surface area (Å²) in [5.74, 6) is -0.630. The van der Waals surface area contributed by atoms with Crippen LogP contribution < -0.4 is 11.1 Å². The molecule has 32 heavy (non-hydrogen) atoms. The highest BCUT2D eigenvalue weighted by molar-refractivity contribution is 7.16. The predicted octanol–water partition coefficient (Wildman–Crippen LogP) is 6.05. The van der Waals surface area contributed by atoms with Crippen LogP contribution in [0.15, 0.2) is 54.6 Å². The molecule has 2 heterocycles. The molecule has 2 amide bonds. The van der Waals surface area contributed by atoms with Crippen molar-refractivity contribution in [2.75, 3.05) is 5.32 Å². The number of nitrogens with two attached hydrogens (primary N) is 1. The summed E-state index contributed by atoms with van der Waals surface area (Å²) < 4.78 is 0. The first-order chi connectivity index (χ1) is 15.2. The van der Waals surface area contributed by atoms with Crippen molar-refractivity contribution in [1.82, 2.24) is 4.98 Å². The second-order valence-corrected chi connectivity index (χ2v) is 9.32. The summed E-state index contributed by atoms with van der Waals surface area (Å²) in [6, 6.07) is 17.3. The number of primary amides is 1. The van der Waals surface area contributed by atoms with Crippen molar-refractivity contribution >= 4 is 39.1 Å². The van der Waals surface area contributed by atoms with Gasteiger partial charge in [-0.2, -0.15) is 0 Å². The number of hydrogen-bond donors (Lipinski definition) is 2. The van der Waals surface area contributed by atoms with Crippen LogP contribution in [0.25, 0.3) is 22.2 Å². The summed E-state index contributed by atoms with van der Waals surface area (Å²) in [4.78, 5) is 31.1. The molecule has 2 aromatic carbocycles. The number of anilines is 1. The van der Waals surface area contributed by atoms with E-state index in [1.54, 1.807) is 6.07 Å². The highest BCUT2D eigenvalue weighted by Crippen LogP contribution is 2.34. The third kappa shape index (κ3) is 4.14. The Morgan fingerprint density at radius 3 is 2.41 bits per heavy atom. The van der Waals surface area contributed by atoms with E-state index < -0.39 is 5.91 Å². The summed E-state index contributed by atoms with van der Waals surface area (Å²) in [6.07, 6.45) is 0. The first-order valence-corrected chi connectivity index (χ1v) is 11.3. The van der Waals surface area contributed by atoms with Gasteiger partial charge in [0.2, 0.25) is 0 Å². The molecule has 0 saturated carbocycles. The van der Waals surface area contributed by atoms with Crippen molar-refractivity contribution in [3.05, 3.63) is 81.7 Å². The number of aromatic nitrogens is 1. The molecule has 0 aliphatic rings. The number of carbonyl (C=O) groups is 2. The van der Waals surface area contributed by atoms with Gasteiger partial charge in [0.15, 0.2) is 0 Å². The van der Waals surface area contributed by atoms with Gasteiger partial charge in [0, 0.05) is 15.8 Å². The molecule has 4 rings (SSSR count). The van der Waals surface area contributed by atoms with Gasteiger partial charge >= 0.3 is 0 Å². The number of carbonyl (C=O) groups excluding carboxylic acids is 2. The van der Waals surface area contributed by atoms with E-state index in [2.05, 4.69) is 31.3 Å². The molecule has 3 N–H and O–H groups in total. The Balaban J connectivity index is 1.81. The van der Waals surface area contributed by atoms with E-state index in [0.717, 1.165) is 32.6 Å². The number of amides is 2. The van der Waals surface area contributed by atoms with Gasteiger partial charge in [-0.3, -0.25) is 9.59 Å². The summed E-state index contributed by atoms with van der Waals surface area (Å²) in [7, 11) is 0. The minimum Gasteiger partial charge on any atom is -0.366 e. The number of rotatable bonds is 5. The molecule has 162 valence electrons. The van der Waals surface area contributed by atoms with Crippen molar-refractivity contribution < 1.29 is 9.59 Å². The topological polar surface area (TPSA) is 85.1 Å². The number of thiophene rings is 1. The first kappa shape index (κ1) is 21.7. The summed E-state index contributed by atoms with van der Waals surface area (Å²) in [5, 5.41) is 4.15. The Morgan fingerprint density at radius 1 is 0.969 bits per heavy atom. The molecule has 6 heteroatoms. The molecule has 0 bridgehead atoms. The Hall–Kier alpha value is -3.51. The van der Waals surface area contributed by atoms with Crippen molar-refractivity contribution in [3.8, 4) is 11.3 Å². The van der Waals surface area contributed by atoms with Gasteiger partial charge in [-0.1, -0.05) is 44.2 Å². The highest BCUT2D eigenvalue weighted by atomic mass is 32.1. The number of nitrogens with one attached hydrogen (secondary N) is 1. The maximum atomic E-state index is 13.4. The fraction of sp³-hybridized carbons (Fsp3) is 0.192. The largest absolute Gasteiger partial charge is 0.366 e. The zero-order chi connectivity index (χ0) is 23.0. The number of hydrogen-bond acceptors (Lipinski definition) is 4. The minimum atomic E-state index is -0.557. The molecule has 0 unspecified atom stereocenters. The molecule has 4 aromatic rings. The molecule has 0 fully saturated rings. The minimum absolute atomic E-state index is 0.224. The van der Waals surface area contributed by atoms with E-state index in [1.807, 2.05) is 50.2 Å². The zero-order valence-electron chi connectivity index (χ0n) is 18.5. The highest BCUT2D eigenvalue weighted by Gasteiger charge is 2.20. The van der Waals surface area contributed by atoms with E-state index in [1.165, 1.54) is 16.9 Å². The Morgan fingerprint density at radius 2 is 1.72 bits per heavy atom. The molecule has 0 atom stereocenters. The normalized spacial score (nSPS) is 11.2. The number of pyridine rings is 1. The first-order valence-electron chi connectivity index (χ1n) is 10.5. The van der Waals surface area contributed by atoms with Gasteiger partial charge in [-0.25, -0.2) is 4.98 Å². The van der Waals surface area contributed by atoms with E-state index in [4.69, 9.17) is 10.7 Å². The molecule has 0 radical (unpaired) electrons. The maximum Gasteiger partial charge on any atom is 0.257 e. The van der Waals surface area contributed by atoms with Crippen LogP contribution in [0.1, 0.15) is 56.5 Å². The van der Waals surface area contributed by atoms with Gasteiger partial charge in [0.05, 0.1) is 22.3 Å². The number of fused-ring (bicyclic) bond motifs is 1. The van der Waals surface area contributed by atoms with Crippen LogP contribution in [0.4, 0.5) is 5.00 Å². The van der Waals surface area contributed by atoms with Gasteiger partial charge < -0.3 is 11.1 Å². The zero-order valence-corrected chi connectivity index (χ0v) is 19.3. The van der Waals surface area contributed by atoms with Crippen LogP contribution >= 0.6 is 11.3 Å². The van der Waals surface area contributed by atoms with Gasteiger partial charge in [-0.05, 0) is 55.2 Å². The second kappa shape index (κ2) is 8.55. The molecule has 0 aliphatic carbocycles. The molecule has 0 saturated heterocycles. The average molecular weight is 444 g/mol. The average Bonchev–Trinajstić information content (AvgIpc) is 3.19. The number of nitrogens with zero attached hydrogens (tertiary/aromatic N) is 1. The summed E-state index contributed by atoms with van der Waals surface area (Å²) in [6.45, 7) is 8.19. The van der Waals surface area contributed by atoms with Crippen LogP contribution in [-0.2, 0) is 0 Å². The van der Waals surface area contributed by atoms with Crippen molar-refractivity contribution in [1.29, 1.82) is 0 Å². The van der Waals surface area contributed by atoms with E-state index in [9.17, 15) is 9.59 Å². The Bertz CT molecular complexity index is 1350. The van der Waals surface area contributed by atoms with Gasteiger partial charge in [-0.15, -0.1) is 11.3 Å². The lowest BCUT2D eigenvalue weighted by Crippen LogP contribution is -2.17. The maximum absolute atomic E-state index is 13.4. The van der Waals surface area contributed by atoms with Crippen LogP contribution in [0.5, 0.6) is 0 Å². The molecule has 0 spiro atoms. The lowest BCUT2D eigenvalue weighted by Gasteiger charge is -2.11. The number of para-hydroxylation sites is 1. The Labute approximate surface area is 191 Å². The van der Waals surface area contributed by atoms with E-state index >= 15 is 0 Å². The summed E-state index contributed by atoms with van der Waals surface area (Å²) in [5.41, 5.74) is 11.2. The van der Waals surface area contributed by atoms with Crippen LogP contribution in [0, 0.1) is 13.8 Å². The fourth-order valence-corrected chi connectivity index (χ4v) is 4.61. The molecule has 2 aromatic heterocycles. The van der Waals surface area contributed by atoms with Gasteiger partial charge in [0.1, 0.15) is 5.00 Å². The third-order valence-corrected chi connectivity index (χ3v) is 6.93. The predicted molar refractivity (Wildman–Crippen MR) is 132 cm³/mol. The van der Waals surface area contributed by atoms with Crippen LogP contribution in [0.2, 0.25) is 0 Å². The lowest BCUT2D eigenvalue weighted by molar-refractivity contribution is 0.100. The number of aryl methyl sites for hydroxylation is 2. The van der Waals surface area contributed by atoms with Crippen LogP contribution in [0.3, 0.4) is 0 Å². The lowest BCUT2D eigenvalue weighted by atomic mass is 10.0. The molecular formula is C26H25N3O2S. The smallest absolute Gasteiger partial charge is 0.257 e. The van der Waals surface area contributed by atoms with Crippen molar-refractivity contribution in [2.24, 2.45) is 5.73 Å². The van der Waals surface area contributed by atoms with Crippen molar-refractivity contribution in [3.63, 3.8) is 0 Å². The third-order valence-electron chi connectivity index (χ3n) is 5.58. The molecular weight excluding hydrogens is 418 g/mol. The monoisotopic (exact) mass is 443 g/mol.